The van der Waals surface area contributed by atoms with Crippen LogP contribution in [0.1, 0.15) is 48.5 Å². The van der Waals surface area contributed by atoms with Gasteiger partial charge in [0.2, 0.25) is 0 Å². The Morgan fingerprint density at radius 2 is 1.89 bits per heavy atom. The standard InChI is InChI=1S/C19H26ClN5O2/c1-4-21-19(24-12-16-11-17(13(2)3)25-27-16)23-10-9-22-18(26)14-5-7-15(20)8-6-14/h5-8,11,13H,4,9-10,12H2,1-3H3,(H,22,26)(H2,21,23,24). The number of carbonyl (C=O) groups is 1. The summed E-state index contributed by atoms with van der Waals surface area (Å²) in [5.41, 5.74) is 1.49. The van der Waals surface area contributed by atoms with E-state index in [1.54, 1.807) is 24.3 Å². The second-order valence-electron chi connectivity index (χ2n) is 6.26. The summed E-state index contributed by atoms with van der Waals surface area (Å²) in [6.07, 6.45) is 0. The van der Waals surface area contributed by atoms with Gasteiger partial charge in [-0.3, -0.25) is 4.79 Å². The van der Waals surface area contributed by atoms with Crippen LogP contribution in [-0.4, -0.2) is 36.7 Å². The Morgan fingerprint density at radius 3 is 2.52 bits per heavy atom. The van der Waals surface area contributed by atoms with Crippen molar-refractivity contribution < 1.29 is 9.32 Å². The summed E-state index contributed by atoms with van der Waals surface area (Å²) >= 11 is 5.83. The molecule has 1 aromatic carbocycles. The van der Waals surface area contributed by atoms with Crippen molar-refractivity contribution in [2.75, 3.05) is 19.6 Å². The number of amides is 1. The number of nitrogens with one attached hydrogen (secondary N) is 3. The summed E-state index contributed by atoms with van der Waals surface area (Å²) in [7, 11) is 0. The molecule has 1 heterocycles. The highest BCUT2D eigenvalue weighted by Gasteiger charge is 2.08. The average Bonchev–Trinajstić information content (AvgIpc) is 3.13. The average molecular weight is 392 g/mol. The molecule has 2 aromatic rings. The smallest absolute Gasteiger partial charge is 0.251 e. The highest BCUT2D eigenvalue weighted by atomic mass is 35.5. The molecule has 0 aliphatic rings. The molecule has 0 saturated carbocycles. The van der Waals surface area contributed by atoms with Crippen LogP contribution >= 0.6 is 11.6 Å². The Kier molecular flexibility index (Phi) is 8.13. The molecule has 27 heavy (non-hydrogen) atoms. The highest BCUT2D eigenvalue weighted by Crippen LogP contribution is 2.14. The van der Waals surface area contributed by atoms with E-state index in [-0.39, 0.29) is 5.91 Å². The fourth-order valence-electron chi connectivity index (χ4n) is 2.23. The maximum absolute atomic E-state index is 12.0. The first-order chi connectivity index (χ1) is 13.0. The number of nitrogens with zero attached hydrogens (tertiary/aromatic N) is 2. The minimum absolute atomic E-state index is 0.140. The van der Waals surface area contributed by atoms with Gasteiger partial charge in [-0.15, -0.1) is 0 Å². The summed E-state index contributed by atoms with van der Waals surface area (Å²) in [6.45, 7) is 8.25. The molecule has 0 aliphatic heterocycles. The van der Waals surface area contributed by atoms with Gasteiger partial charge in [-0.05, 0) is 37.1 Å². The molecule has 0 bridgehead atoms. The lowest BCUT2D eigenvalue weighted by atomic mass is 10.1. The zero-order valence-corrected chi connectivity index (χ0v) is 16.6. The second kappa shape index (κ2) is 10.6. The molecule has 0 unspecified atom stereocenters. The van der Waals surface area contributed by atoms with Crippen LogP contribution in [0.5, 0.6) is 0 Å². The topological polar surface area (TPSA) is 91.6 Å². The summed E-state index contributed by atoms with van der Waals surface area (Å²) in [6, 6.07) is 8.70. The first-order valence-corrected chi connectivity index (χ1v) is 9.38. The Hall–Kier alpha value is -2.54. The summed E-state index contributed by atoms with van der Waals surface area (Å²) in [5, 5.41) is 13.8. The quantitative estimate of drug-likeness (QED) is 0.365. The van der Waals surface area contributed by atoms with Crippen molar-refractivity contribution in [3.05, 3.63) is 52.4 Å². The molecule has 0 atom stereocenters. The monoisotopic (exact) mass is 391 g/mol. The number of aliphatic imine (C=N–C) groups is 1. The number of hydrogen-bond donors (Lipinski definition) is 3. The van der Waals surface area contributed by atoms with Crippen molar-refractivity contribution in [2.24, 2.45) is 4.99 Å². The van der Waals surface area contributed by atoms with Gasteiger partial charge < -0.3 is 20.5 Å². The Morgan fingerprint density at radius 1 is 1.19 bits per heavy atom. The third-order valence-corrected chi connectivity index (χ3v) is 3.97. The number of halogens is 1. The molecule has 1 amide bonds. The number of aromatic nitrogens is 1. The maximum atomic E-state index is 12.0. The van der Waals surface area contributed by atoms with E-state index in [1.165, 1.54) is 0 Å². The van der Waals surface area contributed by atoms with Gasteiger partial charge in [0.05, 0.1) is 5.69 Å². The first-order valence-electron chi connectivity index (χ1n) is 9.01. The molecule has 2 rings (SSSR count). The van der Waals surface area contributed by atoms with E-state index in [2.05, 4.69) is 39.9 Å². The van der Waals surface area contributed by atoms with E-state index in [0.717, 1.165) is 12.2 Å². The lowest BCUT2D eigenvalue weighted by molar-refractivity contribution is 0.0954. The van der Waals surface area contributed by atoms with Gasteiger partial charge in [0.15, 0.2) is 11.7 Å². The third kappa shape index (κ3) is 6.94. The first kappa shape index (κ1) is 20.8. The summed E-state index contributed by atoms with van der Waals surface area (Å²) < 4.78 is 5.29. The fourth-order valence-corrected chi connectivity index (χ4v) is 2.36. The predicted octanol–water partition coefficient (Wildman–Crippen LogP) is 2.94. The Bertz CT molecular complexity index is 756. The Labute approximate surface area is 164 Å². The lowest BCUT2D eigenvalue weighted by Gasteiger charge is -2.11. The van der Waals surface area contributed by atoms with Crippen LogP contribution in [0.25, 0.3) is 0 Å². The number of rotatable bonds is 8. The van der Waals surface area contributed by atoms with E-state index in [1.807, 2.05) is 13.0 Å². The molecule has 7 nitrogen and oxygen atoms in total. The molecular formula is C19H26ClN5O2. The van der Waals surface area contributed by atoms with Gasteiger partial charge in [0.1, 0.15) is 6.54 Å². The van der Waals surface area contributed by atoms with Gasteiger partial charge in [-0.1, -0.05) is 30.6 Å². The van der Waals surface area contributed by atoms with Crippen LogP contribution < -0.4 is 16.0 Å². The fraction of sp³-hybridized carbons (Fsp3) is 0.421. The number of benzene rings is 1. The lowest BCUT2D eigenvalue weighted by Crippen LogP contribution is -2.41. The molecule has 1 aromatic heterocycles. The molecule has 146 valence electrons. The summed E-state index contributed by atoms with van der Waals surface area (Å²) in [5.74, 6) is 1.55. The zero-order valence-electron chi connectivity index (χ0n) is 15.9. The van der Waals surface area contributed by atoms with E-state index in [0.29, 0.717) is 47.9 Å². The SMILES string of the molecule is CCNC(=NCc1cc(C(C)C)no1)NCCNC(=O)c1ccc(Cl)cc1. The van der Waals surface area contributed by atoms with E-state index in [9.17, 15) is 4.79 Å². The van der Waals surface area contributed by atoms with Crippen molar-refractivity contribution >= 4 is 23.5 Å². The normalized spacial score (nSPS) is 11.5. The van der Waals surface area contributed by atoms with E-state index in [4.69, 9.17) is 16.1 Å². The molecule has 8 heteroatoms. The van der Waals surface area contributed by atoms with Crippen LogP contribution in [-0.2, 0) is 6.54 Å². The molecule has 0 spiro atoms. The van der Waals surface area contributed by atoms with Crippen molar-refractivity contribution in [2.45, 2.75) is 33.2 Å². The summed E-state index contributed by atoms with van der Waals surface area (Å²) in [4.78, 5) is 16.5. The van der Waals surface area contributed by atoms with Gasteiger partial charge in [0.25, 0.3) is 5.91 Å². The largest absolute Gasteiger partial charge is 0.359 e. The second-order valence-corrected chi connectivity index (χ2v) is 6.69. The van der Waals surface area contributed by atoms with Gasteiger partial charge in [-0.25, -0.2) is 4.99 Å². The number of guanidine groups is 1. The van der Waals surface area contributed by atoms with Crippen molar-refractivity contribution in [3.8, 4) is 0 Å². The molecule has 0 radical (unpaired) electrons. The molecule has 3 N–H and O–H groups in total. The third-order valence-electron chi connectivity index (χ3n) is 3.72. The van der Waals surface area contributed by atoms with Crippen LogP contribution in [0.15, 0.2) is 39.8 Å². The van der Waals surface area contributed by atoms with Crippen molar-refractivity contribution in [1.82, 2.24) is 21.1 Å². The van der Waals surface area contributed by atoms with E-state index >= 15 is 0 Å². The Balaban J connectivity index is 1.79. The highest BCUT2D eigenvalue weighted by molar-refractivity contribution is 6.30. The van der Waals surface area contributed by atoms with Crippen LogP contribution in [0.3, 0.4) is 0 Å². The van der Waals surface area contributed by atoms with Gasteiger partial charge in [-0.2, -0.15) is 0 Å². The van der Waals surface area contributed by atoms with Gasteiger partial charge >= 0.3 is 0 Å². The predicted molar refractivity (Wildman–Crippen MR) is 107 cm³/mol. The van der Waals surface area contributed by atoms with Crippen molar-refractivity contribution in [3.63, 3.8) is 0 Å². The maximum Gasteiger partial charge on any atom is 0.251 e. The molecule has 0 saturated heterocycles. The number of hydrogen-bond acceptors (Lipinski definition) is 4. The number of carbonyl (C=O) groups excluding carboxylic acids is 1. The minimum atomic E-state index is -0.140. The zero-order chi connectivity index (χ0) is 19.6. The molecule has 0 fully saturated rings. The van der Waals surface area contributed by atoms with Crippen LogP contribution in [0.2, 0.25) is 5.02 Å². The van der Waals surface area contributed by atoms with Crippen LogP contribution in [0.4, 0.5) is 0 Å². The molecule has 0 aliphatic carbocycles. The molecular weight excluding hydrogens is 366 g/mol. The van der Waals surface area contributed by atoms with E-state index < -0.39 is 0 Å². The van der Waals surface area contributed by atoms with Crippen LogP contribution in [0, 0.1) is 0 Å². The minimum Gasteiger partial charge on any atom is -0.359 e. The van der Waals surface area contributed by atoms with Gasteiger partial charge in [0, 0.05) is 36.3 Å². The van der Waals surface area contributed by atoms with Crippen molar-refractivity contribution in [1.29, 1.82) is 0 Å².